The zero-order valence-electron chi connectivity index (χ0n) is 16.1. The number of pyridine rings is 1. The third-order valence-corrected chi connectivity index (χ3v) is 5.98. The van der Waals surface area contributed by atoms with Crippen molar-refractivity contribution in [1.29, 1.82) is 0 Å². The molecular formula is C24H23N3S. The first-order valence-electron chi connectivity index (χ1n) is 9.49. The molecule has 0 radical (unpaired) electrons. The van der Waals surface area contributed by atoms with E-state index >= 15 is 0 Å². The van der Waals surface area contributed by atoms with Crippen molar-refractivity contribution < 1.29 is 0 Å². The first-order chi connectivity index (χ1) is 13.8. The molecule has 4 heteroatoms. The predicted molar refractivity (Wildman–Crippen MR) is 121 cm³/mol. The van der Waals surface area contributed by atoms with E-state index in [1.807, 2.05) is 31.5 Å². The molecule has 0 unspecified atom stereocenters. The van der Waals surface area contributed by atoms with E-state index in [4.69, 9.17) is 4.99 Å². The second-order valence-corrected chi connectivity index (χ2v) is 7.78. The summed E-state index contributed by atoms with van der Waals surface area (Å²) in [5, 5.41) is 3.52. The van der Waals surface area contributed by atoms with Gasteiger partial charge in [0.1, 0.15) is 0 Å². The summed E-state index contributed by atoms with van der Waals surface area (Å²) in [4.78, 5) is 11.5. The number of aliphatic imine (C=N–C) groups is 1. The molecule has 0 fully saturated rings. The Balaban J connectivity index is 1.76. The number of rotatable bonds is 4. The van der Waals surface area contributed by atoms with Gasteiger partial charge < -0.3 is 5.32 Å². The second-order valence-electron chi connectivity index (χ2n) is 6.69. The summed E-state index contributed by atoms with van der Waals surface area (Å²) in [7, 11) is 0. The molecule has 0 bridgehead atoms. The molecule has 1 aliphatic heterocycles. The third kappa shape index (κ3) is 3.82. The molecule has 4 rings (SSSR count). The van der Waals surface area contributed by atoms with Crippen LogP contribution in [0.1, 0.15) is 29.2 Å². The lowest BCUT2D eigenvalue weighted by Gasteiger charge is -2.12. The fraction of sp³-hybridized carbons (Fsp3) is 0.167. The quantitative estimate of drug-likeness (QED) is 0.555. The Morgan fingerprint density at radius 1 is 1.07 bits per heavy atom. The largest absolute Gasteiger partial charge is 0.383 e. The molecule has 28 heavy (non-hydrogen) atoms. The minimum absolute atomic E-state index is 0.773. The average Bonchev–Trinajstić information content (AvgIpc) is 3.13. The molecule has 0 spiro atoms. The van der Waals surface area contributed by atoms with Crippen LogP contribution in [0.5, 0.6) is 0 Å². The van der Waals surface area contributed by atoms with E-state index < -0.39 is 0 Å². The number of hydrogen-bond donors (Lipinski definition) is 1. The van der Waals surface area contributed by atoms with Crippen LogP contribution in [0, 0.1) is 0 Å². The Hall–Kier alpha value is -2.98. The van der Waals surface area contributed by atoms with Gasteiger partial charge in [-0.3, -0.25) is 9.98 Å². The normalized spacial score (nSPS) is 14.4. The van der Waals surface area contributed by atoms with Gasteiger partial charge in [0.05, 0.1) is 17.1 Å². The highest BCUT2D eigenvalue weighted by atomic mass is 32.1. The molecule has 0 saturated heterocycles. The monoisotopic (exact) mass is 385 g/mol. The molecule has 0 atom stereocenters. The minimum Gasteiger partial charge on any atom is -0.383 e. The second kappa shape index (κ2) is 8.36. The number of thiophene rings is 1. The van der Waals surface area contributed by atoms with E-state index in [0.717, 1.165) is 30.1 Å². The number of benzodiazepines with no additional fused rings is 1. The summed E-state index contributed by atoms with van der Waals surface area (Å²) in [6.07, 6.45) is 9.95. The van der Waals surface area contributed by atoms with Crippen LogP contribution in [0.15, 0.2) is 78.1 Å². The van der Waals surface area contributed by atoms with Crippen molar-refractivity contribution in [3.63, 3.8) is 0 Å². The number of aromatic nitrogens is 1. The van der Waals surface area contributed by atoms with E-state index in [2.05, 4.69) is 65.8 Å². The number of allylic oxidation sites excluding steroid dienone is 4. The predicted octanol–water partition coefficient (Wildman–Crippen LogP) is 6.05. The van der Waals surface area contributed by atoms with Gasteiger partial charge in [0, 0.05) is 35.1 Å². The maximum absolute atomic E-state index is 4.92. The topological polar surface area (TPSA) is 37.3 Å². The third-order valence-electron chi connectivity index (χ3n) is 4.75. The van der Waals surface area contributed by atoms with Crippen LogP contribution in [-0.2, 0) is 0 Å². The molecule has 1 N–H and O–H groups in total. The van der Waals surface area contributed by atoms with Crippen LogP contribution < -0.4 is 5.32 Å². The van der Waals surface area contributed by atoms with Gasteiger partial charge in [-0.1, -0.05) is 24.3 Å². The van der Waals surface area contributed by atoms with Gasteiger partial charge in [-0.2, -0.15) is 0 Å². The lowest BCUT2D eigenvalue weighted by atomic mass is 9.99. The van der Waals surface area contributed by atoms with Crippen LogP contribution >= 0.6 is 11.3 Å². The lowest BCUT2D eigenvalue weighted by Crippen LogP contribution is -2.04. The Labute approximate surface area is 170 Å². The number of hydrogen-bond acceptors (Lipinski definition) is 4. The van der Waals surface area contributed by atoms with Crippen LogP contribution in [-0.4, -0.2) is 23.8 Å². The van der Waals surface area contributed by atoms with Crippen molar-refractivity contribution in [2.75, 3.05) is 18.4 Å². The highest BCUT2D eigenvalue weighted by Crippen LogP contribution is 2.32. The molecule has 0 saturated carbocycles. The molecule has 1 aromatic carbocycles. The highest BCUT2D eigenvalue weighted by molar-refractivity contribution is 7.15. The number of anilines is 1. The first kappa shape index (κ1) is 18.4. The SMILES string of the molecule is C/C=C\C=C(/C)c1ccc(C2=NCCNc3ccc(-c4ccncc4)cc32)s1. The molecule has 3 nitrogen and oxygen atoms in total. The van der Waals surface area contributed by atoms with Crippen LogP contribution in [0.3, 0.4) is 0 Å². The number of nitrogens with one attached hydrogen (secondary N) is 1. The van der Waals surface area contributed by atoms with Crippen LogP contribution in [0.4, 0.5) is 5.69 Å². The zero-order chi connectivity index (χ0) is 19.3. The van der Waals surface area contributed by atoms with Gasteiger partial charge in [-0.25, -0.2) is 0 Å². The van der Waals surface area contributed by atoms with Gasteiger partial charge in [0.15, 0.2) is 0 Å². The lowest BCUT2D eigenvalue weighted by molar-refractivity contribution is 1.04. The van der Waals surface area contributed by atoms with E-state index in [0.29, 0.717) is 0 Å². The maximum Gasteiger partial charge on any atom is 0.0840 e. The van der Waals surface area contributed by atoms with Crippen molar-refractivity contribution in [3.8, 4) is 11.1 Å². The van der Waals surface area contributed by atoms with Crippen LogP contribution in [0.25, 0.3) is 16.7 Å². The van der Waals surface area contributed by atoms with Crippen molar-refractivity contribution >= 4 is 28.3 Å². The molecule has 1 aliphatic rings. The standard InChI is InChI=1S/C24H23N3S/c1-3-4-5-17(2)22-8-9-23(28-22)24-20-16-19(18-10-12-25-13-11-18)6-7-21(20)26-14-15-27-24/h3-13,16,26H,14-15H2,1-2H3/b4-3-,17-5+. The zero-order valence-corrected chi connectivity index (χ0v) is 17.0. The Kier molecular flexibility index (Phi) is 5.49. The molecular weight excluding hydrogens is 362 g/mol. The number of fused-ring (bicyclic) bond motifs is 1. The van der Waals surface area contributed by atoms with Gasteiger partial charge in [0.25, 0.3) is 0 Å². The van der Waals surface area contributed by atoms with E-state index in [-0.39, 0.29) is 0 Å². The summed E-state index contributed by atoms with van der Waals surface area (Å²) in [6.45, 7) is 5.81. The van der Waals surface area contributed by atoms with Crippen molar-refractivity contribution in [3.05, 3.63) is 88.4 Å². The van der Waals surface area contributed by atoms with Crippen molar-refractivity contribution in [1.82, 2.24) is 4.98 Å². The summed E-state index contributed by atoms with van der Waals surface area (Å²) < 4.78 is 0. The van der Waals surface area contributed by atoms with E-state index in [9.17, 15) is 0 Å². The smallest absolute Gasteiger partial charge is 0.0840 e. The Morgan fingerprint density at radius 2 is 1.93 bits per heavy atom. The van der Waals surface area contributed by atoms with Gasteiger partial charge in [0.2, 0.25) is 0 Å². The summed E-state index contributed by atoms with van der Waals surface area (Å²) in [5.41, 5.74) is 7.00. The Morgan fingerprint density at radius 3 is 2.75 bits per heavy atom. The molecule has 0 amide bonds. The van der Waals surface area contributed by atoms with E-state index in [1.165, 1.54) is 26.5 Å². The average molecular weight is 386 g/mol. The fourth-order valence-electron chi connectivity index (χ4n) is 3.27. The van der Waals surface area contributed by atoms with Gasteiger partial charge in [-0.15, -0.1) is 11.3 Å². The molecule has 3 aromatic rings. The van der Waals surface area contributed by atoms with E-state index in [1.54, 1.807) is 11.3 Å². The van der Waals surface area contributed by atoms with Gasteiger partial charge in [-0.05, 0) is 66.9 Å². The van der Waals surface area contributed by atoms with Crippen LogP contribution in [0.2, 0.25) is 0 Å². The van der Waals surface area contributed by atoms with Crippen molar-refractivity contribution in [2.45, 2.75) is 13.8 Å². The molecule has 2 aromatic heterocycles. The summed E-state index contributed by atoms with van der Waals surface area (Å²) in [6, 6.07) is 15.0. The maximum atomic E-state index is 4.92. The fourth-order valence-corrected chi connectivity index (χ4v) is 4.28. The summed E-state index contributed by atoms with van der Waals surface area (Å²) >= 11 is 1.80. The van der Waals surface area contributed by atoms with Gasteiger partial charge >= 0.3 is 0 Å². The molecule has 140 valence electrons. The first-order valence-corrected chi connectivity index (χ1v) is 10.3. The summed E-state index contributed by atoms with van der Waals surface area (Å²) in [5.74, 6) is 0. The Bertz CT molecular complexity index is 1060. The molecule has 3 heterocycles. The molecule has 0 aliphatic carbocycles. The number of benzene rings is 1. The minimum atomic E-state index is 0.773. The number of nitrogens with zero attached hydrogens (tertiary/aromatic N) is 2. The highest BCUT2D eigenvalue weighted by Gasteiger charge is 2.17. The van der Waals surface area contributed by atoms with Crippen molar-refractivity contribution in [2.24, 2.45) is 4.99 Å².